The van der Waals surface area contributed by atoms with Crippen LogP contribution in [0.5, 0.6) is 5.75 Å². The zero-order valence-corrected chi connectivity index (χ0v) is 14.7. The van der Waals surface area contributed by atoms with Crippen LogP contribution in [0.4, 0.5) is 0 Å². The summed E-state index contributed by atoms with van der Waals surface area (Å²) >= 11 is 1.48. The molecule has 1 saturated heterocycles. The number of hydrogen-bond acceptors (Lipinski definition) is 6. The number of ether oxygens (including phenoxy) is 1. The molecule has 0 aliphatic carbocycles. The first kappa shape index (κ1) is 16.9. The van der Waals surface area contributed by atoms with Crippen LogP contribution >= 0.6 is 11.3 Å². The van der Waals surface area contributed by atoms with Gasteiger partial charge in [0.05, 0.1) is 17.1 Å². The van der Waals surface area contributed by atoms with E-state index in [-0.39, 0.29) is 23.2 Å². The Hall–Kier alpha value is -1.93. The average molecular weight is 367 g/mol. The highest BCUT2D eigenvalue weighted by Crippen LogP contribution is 2.30. The molecule has 2 heterocycles. The standard InChI is InChI=1S/C16H17NO5S2/c1-10-9-17-15(23-10)11-6-12(16(18)19)8-14(7-11)22-13-2-4-24(20,21)5-3-13/h6-9,13H,2-5H2,1H3,(H,18,19). The van der Waals surface area contributed by atoms with Gasteiger partial charge in [0.1, 0.15) is 16.9 Å². The summed E-state index contributed by atoms with van der Waals surface area (Å²) in [5.74, 6) is -0.396. The summed E-state index contributed by atoms with van der Waals surface area (Å²) in [7, 11) is -2.96. The van der Waals surface area contributed by atoms with Crippen LogP contribution in [0.15, 0.2) is 24.4 Å². The van der Waals surface area contributed by atoms with Gasteiger partial charge in [0.2, 0.25) is 0 Å². The van der Waals surface area contributed by atoms with Crippen LogP contribution in [-0.2, 0) is 9.84 Å². The smallest absolute Gasteiger partial charge is 0.335 e. The third-order valence-corrected chi connectivity index (χ3v) is 6.50. The molecule has 1 aliphatic heterocycles. The molecule has 0 radical (unpaired) electrons. The predicted octanol–water partition coefficient (Wildman–Crippen LogP) is 2.77. The summed E-state index contributed by atoms with van der Waals surface area (Å²) in [6, 6.07) is 4.79. The first-order valence-corrected chi connectivity index (χ1v) is 10.1. The summed E-state index contributed by atoms with van der Waals surface area (Å²) in [6.45, 7) is 1.93. The Morgan fingerprint density at radius 3 is 2.58 bits per heavy atom. The Bertz CT molecular complexity index is 858. The monoisotopic (exact) mass is 367 g/mol. The van der Waals surface area contributed by atoms with Crippen molar-refractivity contribution in [3.05, 3.63) is 34.8 Å². The fourth-order valence-corrected chi connectivity index (χ4v) is 4.78. The second-order valence-electron chi connectivity index (χ2n) is 5.80. The largest absolute Gasteiger partial charge is 0.490 e. The summed E-state index contributed by atoms with van der Waals surface area (Å²) in [6.07, 6.45) is 2.36. The van der Waals surface area contributed by atoms with E-state index >= 15 is 0 Å². The third kappa shape index (κ3) is 3.93. The second kappa shape index (κ2) is 6.52. The molecule has 8 heteroatoms. The van der Waals surface area contributed by atoms with Crippen LogP contribution in [-0.4, -0.2) is 42.1 Å². The molecule has 0 atom stereocenters. The van der Waals surface area contributed by atoms with Crippen LogP contribution in [0.25, 0.3) is 10.6 Å². The van der Waals surface area contributed by atoms with Gasteiger partial charge in [0.25, 0.3) is 0 Å². The molecule has 1 aliphatic rings. The van der Waals surface area contributed by atoms with Gasteiger partial charge in [0, 0.05) is 16.6 Å². The molecule has 24 heavy (non-hydrogen) atoms. The van der Waals surface area contributed by atoms with Crippen molar-refractivity contribution in [2.45, 2.75) is 25.9 Å². The van der Waals surface area contributed by atoms with Gasteiger partial charge in [-0.3, -0.25) is 0 Å². The van der Waals surface area contributed by atoms with Crippen LogP contribution in [0.1, 0.15) is 28.1 Å². The highest BCUT2D eigenvalue weighted by atomic mass is 32.2. The number of aromatic carboxylic acids is 1. The average Bonchev–Trinajstić information content (AvgIpc) is 2.96. The molecule has 0 bridgehead atoms. The Balaban J connectivity index is 1.87. The molecular weight excluding hydrogens is 350 g/mol. The van der Waals surface area contributed by atoms with Gasteiger partial charge in [-0.05, 0) is 38.0 Å². The van der Waals surface area contributed by atoms with Crippen LogP contribution < -0.4 is 4.74 Å². The van der Waals surface area contributed by atoms with E-state index < -0.39 is 15.8 Å². The van der Waals surface area contributed by atoms with Gasteiger partial charge in [-0.1, -0.05) is 0 Å². The Morgan fingerprint density at radius 2 is 2.00 bits per heavy atom. The molecule has 6 nitrogen and oxygen atoms in total. The van der Waals surface area contributed by atoms with Crippen LogP contribution in [0.3, 0.4) is 0 Å². The summed E-state index contributed by atoms with van der Waals surface area (Å²) < 4.78 is 28.8. The topological polar surface area (TPSA) is 93.6 Å². The number of aryl methyl sites for hydroxylation is 1. The van der Waals surface area contributed by atoms with Gasteiger partial charge >= 0.3 is 5.97 Å². The number of benzene rings is 1. The predicted molar refractivity (Wildman–Crippen MR) is 91.6 cm³/mol. The molecule has 1 fully saturated rings. The molecule has 2 aromatic rings. The molecule has 3 rings (SSSR count). The molecule has 128 valence electrons. The molecular formula is C16H17NO5S2. The molecule has 0 spiro atoms. The highest BCUT2D eigenvalue weighted by molar-refractivity contribution is 7.91. The van der Waals surface area contributed by atoms with E-state index in [0.29, 0.717) is 24.2 Å². The SMILES string of the molecule is Cc1cnc(-c2cc(OC3CCS(=O)(=O)CC3)cc(C(=O)O)c2)s1. The van der Waals surface area contributed by atoms with Crippen molar-refractivity contribution < 1.29 is 23.1 Å². The zero-order valence-electron chi connectivity index (χ0n) is 13.1. The second-order valence-corrected chi connectivity index (χ2v) is 9.33. The zero-order chi connectivity index (χ0) is 17.3. The van der Waals surface area contributed by atoms with Gasteiger partial charge < -0.3 is 9.84 Å². The number of carboxylic acids is 1. The summed E-state index contributed by atoms with van der Waals surface area (Å²) in [5.41, 5.74) is 0.810. The molecule has 1 aromatic carbocycles. The van der Waals surface area contributed by atoms with Crippen molar-refractivity contribution in [1.29, 1.82) is 0 Å². The van der Waals surface area contributed by atoms with E-state index in [1.807, 2.05) is 6.92 Å². The highest BCUT2D eigenvalue weighted by Gasteiger charge is 2.25. The van der Waals surface area contributed by atoms with Gasteiger partial charge in [-0.2, -0.15) is 0 Å². The maximum atomic E-state index is 11.5. The van der Waals surface area contributed by atoms with E-state index in [1.54, 1.807) is 18.3 Å². The van der Waals surface area contributed by atoms with Gasteiger partial charge in [-0.25, -0.2) is 18.2 Å². The third-order valence-electron chi connectivity index (χ3n) is 3.83. The number of nitrogens with zero attached hydrogens (tertiary/aromatic N) is 1. The van der Waals surface area contributed by atoms with Gasteiger partial charge in [0.15, 0.2) is 9.84 Å². The maximum absolute atomic E-state index is 11.5. The fourth-order valence-electron chi connectivity index (χ4n) is 2.58. The van der Waals surface area contributed by atoms with E-state index in [9.17, 15) is 18.3 Å². The number of thiazole rings is 1. The lowest BCUT2D eigenvalue weighted by Gasteiger charge is -2.23. The van der Waals surface area contributed by atoms with Crippen molar-refractivity contribution in [2.75, 3.05) is 11.5 Å². The molecule has 1 N–H and O–H groups in total. The van der Waals surface area contributed by atoms with Crippen molar-refractivity contribution in [3.8, 4) is 16.3 Å². The van der Waals surface area contributed by atoms with E-state index in [4.69, 9.17) is 4.74 Å². The van der Waals surface area contributed by atoms with Crippen LogP contribution in [0, 0.1) is 6.92 Å². The summed E-state index contributed by atoms with van der Waals surface area (Å²) in [4.78, 5) is 16.7. The molecule has 1 aromatic heterocycles. The number of carbonyl (C=O) groups is 1. The number of rotatable bonds is 4. The number of carboxylic acid groups (broad SMARTS) is 1. The summed E-state index contributed by atoms with van der Waals surface area (Å²) in [5, 5.41) is 10.0. The van der Waals surface area contributed by atoms with Crippen molar-refractivity contribution in [3.63, 3.8) is 0 Å². The lowest BCUT2D eigenvalue weighted by Crippen LogP contribution is -2.30. The fraction of sp³-hybridized carbons (Fsp3) is 0.375. The lowest BCUT2D eigenvalue weighted by molar-refractivity contribution is 0.0696. The minimum atomic E-state index is -2.96. The Labute approximate surface area is 144 Å². The van der Waals surface area contributed by atoms with E-state index in [2.05, 4.69) is 4.98 Å². The lowest BCUT2D eigenvalue weighted by atomic mass is 10.1. The first-order valence-electron chi connectivity index (χ1n) is 7.51. The number of hydrogen-bond donors (Lipinski definition) is 1. The first-order chi connectivity index (χ1) is 11.3. The number of sulfone groups is 1. The van der Waals surface area contributed by atoms with Gasteiger partial charge in [-0.15, -0.1) is 11.3 Å². The quantitative estimate of drug-likeness (QED) is 0.893. The number of aromatic nitrogens is 1. The minimum absolute atomic E-state index is 0.106. The van der Waals surface area contributed by atoms with E-state index in [1.165, 1.54) is 17.4 Å². The van der Waals surface area contributed by atoms with Crippen LogP contribution in [0.2, 0.25) is 0 Å². The minimum Gasteiger partial charge on any atom is -0.490 e. The maximum Gasteiger partial charge on any atom is 0.335 e. The van der Waals surface area contributed by atoms with Crippen molar-refractivity contribution in [1.82, 2.24) is 4.98 Å². The molecule has 0 amide bonds. The van der Waals surface area contributed by atoms with Crippen molar-refractivity contribution in [2.24, 2.45) is 0 Å². The Kier molecular flexibility index (Phi) is 4.60. The molecule has 0 saturated carbocycles. The van der Waals surface area contributed by atoms with Crippen molar-refractivity contribution >= 4 is 27.1 Å². The Morgan fingerprint density at radius 1 is 1.29 bits per heavy atom. The normalized spacial score (nSPS) is 17.5. The van der Waals surface area contributed by atoms with E-state index in [0.717, 1.165) is 9.88 Å². The molecule has 0 unspecified atom stereocenters.